The lowest BCUT2D eigenvalue weighted by atomic mass is 9.94. The summed E-state index contributed by atoms with van der Waals surface area (Å²) in [6.07, 6.45) is 2.43. The first-order valence-corrected chi connectivity index (χ1v) is 3.68. The predicted molar refractivity (Wildman–Crippen MR) is 38.2 cm³/mol. The highest BCUT2D eigenvalue weighted by Gasteiger charge is 2.18. The van der Waals surface area contributed by atoms with Crippen LogP contribution < -0.4 is 0 Å². The summed E-state index contributed by atoms with van der Waals surface area (Å²) in [4.78, 5) is 10.9. The molecule has 0 aromatic carbocycles. The molecule has 1 saturated carbocycles. The van der Waals surface area contributed by atoms with Crippen molar-refractivity contribution in [3.8, 4) is 0 Å². The first kappa shape index (κ1) is 8.11. The van der Waals surface area contributed by atoms with Crippen LogP contribution in [0.2, 0.25) is 0 Å². The summed E-state index contributed by atoms with van der Waals surface area (Å²) in [5.41, 5.74) is 0.628. The third-order valence-corrected chi connectivity index (χ3v) is 1.82. The van der Waals surface area contributed by atoms with Crippen LogP contribution in [0.15, 0.2) is 11.5 Å². The minimum atomic E-state index is -0.321. The molecule has 61 valence electrons. The number of ether oxygens (including phenoxy) is 1. The van der Waals surface area contributed by atoms with Crippen molar-refractivity contribution in [2.75, 3.05) is 7.11 Å². The Labute approximate surface area is 65.7 Å². The Bertz CT molecular complexity index is 194. The van der Waals surface area contributed by atoms with Gasteiger partial charge in [-0.1, -0.05) is 0 Å². The lowest BCUT2D eigenvalue weighted by Crippen LogP contribution is -2.08. The molecule has 0 aromatic heterocycles. The quantitative estimate of drug-likeness (QED) is 0.537. The first-order chi connectivity index (χ1) is 5.24. The third kappa shape index (κ3) is 1.97. The molecule has 0 N–H and O–H groups in total. The molecule has 0 aliphatic heterocycles. The molecule has 0 aromatic rings. The normalized spacial score (nSPS) is 23.2. The minimum Gasteiger partial charge on any atom is -0.466 e. The molecule has 1 fully saturated rings. The summed E-state index contributed by atoms with van der Waals surface area (Å²) in [7, 11) is 1.34. The van der Waals surface area contributed by atoms with Crippen molar-refractivity contribution < 1.29 is 14.6 Å². The van der Waals surface area contributed by atoms with Crippen LogP contribution in [-0.2, 0) is 14.6 Å². The largest absolute Gasteiger partial charge is 0.466 e. The number of hydrogen-bond acceptors (Lipinski definition) is 2. The topological polar surface area (TPSA) is 46.2 Å². The molecular weight excluding hydrogens is 144 g/mol. The highest BCUT2D eigenvalue weighted by atomic mass is 16.6. The van der Waals surface area contributed by atoms with Gasteiger partial charge in [-0.2, -0.15) is 0 Å². The Hall–Kier alpha value is -0.990. The number of methoxy groups -OCH3 is 1. The lowest BCUT2D eigenvalue weighted by Gasteiger charge is -2.11. The van der Waals surface area contributed by atoms with E-state index in [-0.39, 0.29) is 11.7 Å². The first-order valence-electron chi connectivity index (χ1n) is 3.68. The van der Waals surface area contributed by atoms with E-state index in [0.717, 1.165) is 12.8 Å². The molecular formula is C8H11O3. The van der Waals surface area contributed by atoms with E-state index in [1.54, 1.807) is 0 Å². The number of allylic oxidation sites excluding steroid dienone is 1. The van der Waals surface area contributed by atoms with Crippen LogP contribution >= 0.6 is 0 Å². The van der Waals surface area contributed by atoms with E-state index < -0.39 is 0 Å². The number of carbonyl (C=O) groups excluding carboxylic acids is 1. The van der Waals surface area contributed by atoms with Gasteiger partial charge in [-0.15, -0.1) is 0 Å². The average molecular weight is 155 g/mol. The van der Waals surface area contributed by atoms with E-state index >= 15 is 0 Å². The Morgan fingerprint density at radius 3 is 2.73 bits per heavy atom. The van der Waals surface area contributed by atoms with Crippen molar-refractivity contribution >= 4 is 5.78 Å². The second-order valence-electron chi connectivity index (χ2n) is 2.66. The molecule has 1 rings (SSSR count). The van der Waals surface area contributed by atoms with Gasteiger partial charge in [0, 0.05) is 18.4 Å². The molecule has 0 saturated heterocycles. The van der Waals surface area contributed by atoms with Gasteiger partial charge in [-0.25, -0.2) is 5.11 Å². The van der Waals surface area contributed by atoms with Crippen molar-refractivity contribution in [1.82, 2.24) is 0 Å². The fraction of sp³-hybridized carbons (Fsp3) is 0.625. The van der Waals surface area contributed by atoms with Gasteiger partial charge in [-0.3, -0.25) is 4.79 Å². The molecule has 0 bridgehead atoms. The monoisotopic (exact) mass is 155 g/mol. The van der Waals surface area contributed by atoms with Crippen LogP contribution in [-0.4, -0.2) is 12.9 Å². The molecule has 0 heterocycles. The van der Waals surface area contributed by atoms with Crippen molar-refractivity contribution in [2.24, 2.45) is 0 Å². The van der Waals surface area contributed by atoms with Crippen LogP contribution in [0.1, 0.15) is 25.7 Å². The zero-order valence-corrected chi connectivity index (χ0v) is 6.55. The number of ketones is 1. The van der Waals surface area contributed by atoms with Gasteiger partial charge in [0.1, 0.15) is 5.78 Å². The van der Waals surface area contributed by atoms with Crippen LogP contribution in [0.4, 0.5) is 0 Å². The second-order valence-corrected chi connectivity index (χ2v) is 2.66. The average Bonchev–Trinajstić information content (AvgIpc) is 2.03. The number of carbonyl (C=O) groups is 1. The SMILES string of the molecule is COC([O])=C1CCCC(=O)C1. The van der Waals surface area contributed by atoms with Crippen molar-refractivity contribution in [2.45, 2.75) is 25.7 Å². The summed E-state index contributed by atoms with van der Waals surface area (Å²) in [6, 6.07) is 0. The maximum atomic E-state index is 10.9. The molecule has 11 heavy (non-hydrogen) atoms. The standard InChI is InChI=1S/C8H11O3/c1-11-8(10)6-3-2-4-7(9)5-6/h2-5H2,1H3. The van der Waals surface area contributed by atoms with Crippen molar-refractivity contribution in [1.29, 1.82) is 0 Å². The maximum absolute atomic E-state index is 10.9. The van der Waals surface area contributed by atoms with Crippen LogP contribution in [0.5, 0.6) is 0 Å². The fourth-order valence-corrected chi connectivity index (χ4v) is 1.23. The fourth-order valence-electron chi connectivity index (χ4n) is 1.23. The summed E-state index contributed by atoms with van der Waals surface area (Å²) >= 11 is 0. The highest BCUT2D eigenvalue weighted by Crippen LogP contribution is 2.22. The zero-order chi connectivity index (χ0) is 8.27. The molecule has 3 nitrogen and oxygen atoms in total. The van der Waals surface area contributed by atoms with E-state index in [1.165, 1.54) is 7.11 Å². The van der Waals surface area contributed by atoms with E-state index in [4.69, 9.17) is 0 Å². The lowest BCUT2D eigenvalue weighted by molar-refractivity contribution is -0.119. The molecule has 1 aliphatic carbocycles. The predicted octanol–water partition coefficient (Wildman–Crippen LogP) is 1.42. The Kier molecular flexibility index (Phi) is 2.52. The molecule has 1 radical (unpaired) electrons. The Balaban J connectivity index is 2.65. The summed E-state index contributed by atoms with van der Waals surface area (Å²) < 4.78 is 4.51. The summed E-state index contributed by atoms with van der Waals surface area (Å²) in [5.74, 6) is -0.172. The van der Waals surface area contributed by atoms with Crippen molar-refractivity contribution in [3.63, 3.8) is 0 Å². The van der Waals surface area contributed by atoms with Gasteiger partial charge in [0.15, 0.2) is 0 Å². The maximum Gasteiger partial charge on any atom is 0.330 e. The summed E-state index contributed by atoms with van der Waals surface area (Å²) in [6.45, 7) is 0. The van der Waals surface area contributed by atoms with Crippen LogP contribution in [0.3, 0.4) is 0 Å². The molecule has 0 amide bonds. The van der Waals surface area contributed by atoms with E-state index in [1.807, 2.05) is 0 Å². The molecule has 0 atom stereocenters. The number of hydrogen-bond donors (Lipinski definition) is 0. The smallest absolute Gasteiger partial charge is 0.330 e. The van der Waals surface area contributed by atoms with E-state index in [2.05, 4.69) is 4.74 Å². The van der Waals surface area contributed by atoms with Gasteiger partial charge in [-0.05, 0) is 12.8 Å². The van der Waals surface area contributed by atoms with Crippen LogP contribution in [0.25, 0.3) is 0 Å². The highest BCUT2D eigenvalue weighted by molar-refractivity contribution is 5.81. The Morgan fingerprint density at radius 2 is 2.18 bits per heavy atom. The van der Waals surface area contributed by atoms with Crippen molar-refractivity contribution in [3.05, 3.63) is 11.5 Å². The van der Waals surface area contributed by atoms with Crippen LogP contribution in [0, 0.1) is 0 Å². The number of rotatable bonds is 1. The summed E-state index contributed by atoms with van der Waals surface area (Å²) in [5, 5.41) is 10.9. The second kappa shape index (κ2) is 3.42. The molecule has 1 aliphatic rings. The van der Waals surface area contributed by atoms with Gasteiger partial charge in [0.05, 0.1) is 7.11 Å². The van der Waals surface area contributed by atoms with Gasteiger partial charge < -0.3 is 4.74 Å². The van der Waals surface area contributed by atoms with E-state index in [9.17, 15) is 9.90 Å². The Morgan fingerprint density at radius 1 is 1.45 bits per heavy atom. The molecule has 3 heteroatoms. The minimum absolute atomic E-state index is 0.150. The van der Waals surface area contributed by atoms with Gasteiger partial charge in [0.2, 0.25) is 0 Å². The molecule has 0 spiro atoms. The third-order valence-electron chi connectivity index (χ3n) is 1.82. The van der Waals surface area contributed by atoms with E-state index in [0.29, 0.717) is 18.4 Å². The van der Waals surface area contributed by atoms with Gasteiger partial charge >= 0.3 is 5.95 Å². The zero-order valence-electron chi connectivity index (χ0n) is 6.55. The van der Waals surface area contributed by atoms with Gasteiger partial charge in [0.25, 0.3) is 0 Å². The number of Topliss-reactive ketones (excluding diaryl/α,β-unsaturated/α-hetero) is 1. The molecule has 0 unspecified atom stereocenters.